The molecule has 2 fully saturated rings. The molecule has 0 bridgehead atoms. The normalized spacial score (nSPS) is 24.4. The summed E-state index contributed by atoms with van der Waals surface area (Å²) in [5, 5.41) is 6.73. The molecule has 8 nitrogen and oxygen atoms in total. The molecule has 2 N–H and O–H groups in total. The quantitative estimate of drug-likeness (QED) is 0.593. The first kappa shape index (κ1) is 21.7. The zero-order valence-corrected chi connectivity index (χ0v) is 18.9. The van der Waals surface area contributed by atoms with E-state index in [1.54, 1.807) is 42.5 Å². The highest BCUT2D eigenvalue weighted by molar-refractivity contribution is 7.99. The minimum atomic E-state index is -0.557. The Morgan fingerprint density at radius 3 is 2.88 bits per heavy atom. The molecule has 2 aliphatic rings. The van der Waals surface area contributed by atoms with Gasteiger partial charge in [-0.2, -0.15) is 0 Å². The van der Waals surface area contributed by atoms with E-state index in [0.717, 1.165) is 11.4 Å². The zero-order valence-electron chi connectivity index (χ0n) is 18.1. The number of rotatable bonds is 5. The highest BCUT2D eigenvalue weighted by atomic mass is 32.2. The summed E-state index contributed by atoms with van der Waals surface area (Å²) in [7, 11) is 0. The van der Waals surface area contributed by atoms with Gasteiger partial charge in [0.15, 0.2) is 5.82 Å². The fraction of sp³-hybridized carbons (Fsp3) is 0.348. The van der Waals surface area contributed by atoms with Gasteiger partial charge in [0.05, 0.1) is 29.3 Å². The van der Waals surface area contributed by atoms with Crippen LogP contribution in [0.4, 0.5) is 10.3 Å². The van der Waals surface area contributed by atoms with Gasteiger partial charge in [-0.25, -0.2) is 14.4 Å². The van der Waals surface area contributed by atoms with E-state index in [0.29, 0.717) is 36.7 Å². The van der Waals surface area contributed by atoms with Gasteiger partial charge < -0.3 is 10.2 Å². The number of anilines is 1. The van der Waals surface area contributed by atoms with E-state index in [4.69, 9.17) is 0 Å². The highest BCUT2D eigenvalue weighted by Gasteiger charge is 2.53. The smallest absolute Gasteiger partial charge is 0.253 e. The van der Waals surface area contributed by atoms with Crippen LogP contribution < -0.4 is 15.5 Å². The first-order valence-corrected chi connectivity index (χ1v) is 11.9. The van der Waals surface area contributed by atoms with Gasteiger partial charge in [-0.1, -0.05) is 25.1 Å². The maximum Gasteiger partial charge on any atom is 0.253 e. The summed E-state index contributed by atoms with van der Waals surface area (Å²) in [6.45, 7) is 3.09. The second kappa shape index (κ2) is 9.03. The molecule has 5 rings (SSSR count). The first-order valence-electron chi connectivity index (χ1n) is 10.9. The largest absolute Gasteiger partial charge is 0.338 e. The van der Waals surface area contributed by atoms with E-state index in [1.807, 2.05) is 25.1 Å². The van der Waals surface area contributed by atoms with Crippen LogP contribution in [0.25, 0.3) is 0 Å². The summed E-state index contributed by atoms with van der Waals surface area (Å²) in [6, 6.07) is 9.15. The molecule has 0 radical (unpaired) electrons. The van der Waals surface area contributed by atoms with Gasteiger partial charge >= 0.3 is 0 Å². The van der Waals surface area contributed by atoms with Gasteiger partial charge in [-0.3, -0.25) is 20.1 Å². The number of amides is 1. The standard InChI is InChI=1S/C23H24FN7OS/c1-2-18-17(24)10-27-21(28-18)31-12-16-13-33-22(29-20(32)15-6-4-3-5-7-15)30-23(16,14-31)19-11-25-8-9-26-19/h3-11,16,22,30H,2,12-14H2,1H3,(H,29,32)/t16-,22?,23-/m0/s1. The van der Waals surface area contributed by atoms with Crippen LogP contribution in [0.2, 0.25) is 0 Å². The minimum Gasteiger partial charge on any atom is -0.338 e. The summed E-state index contributed by atoms with van der Waals surface area (Å²) < 4.78 is 14.0. The van der Waals surface area contributed by atoms with Crippen molar-refractivity contribution in [2.24, 2.45) is 5.92 Å². The Bertz CT molecular complexity index is 1140. The molecular weight excluding hydrogens is 441 g/mol. The lowest BCUT2D eigenvalue weighted by molar-refractivity contribution is 0.0932. The number of hydrogen-bond acceptors (Lipinski definition) is 8. The van der Waals surface area contributed by atoms with Crippen LogP contribution in [0.15, 0.2) is 55.1 Å². The number of aromatic nitrogens is 4. The molecule has 0 aliphatic carbocycles. The number of nitrogens with zero attached hydrogens (tertiary/aromatic N) is 5. The molecule has 1 amide bonds. The number of carbonyl (C=O) groups is 1. The molecule has 1 aromatic carbocycles. The zero-order chi connectivity index (χ0) is 22.8. The molecule has 10 heteroatoms. The Balaban J connectivity index is 1.43. The summed E-state index contributed by atoms with van der Waals surface area (Å²) in [5.41, 5.74) is 0.943. The predicted molar refractivity (Wildman–Crippen MR) is 124 cm³/mol. The number of benzene rings is 1. The number of fused-ring (bicyclic) bond motifs is 1. The Hall–Kier alpha value is -3.11. The van der Waals surface area contributed by atoms with Gasteiger partial charge in [0.1, 0.15) is 5.50 Å². The van der Waals surface area contributed by atoms with Crippen molar-refractivity contribution in [3.05, 3.63) is 77.9 Å². The monoisotopic (exact) mass is 465 g/mol. The maximum atomic E-state index is 14.0. The molecule has 2 saturated heterocycles. The van der Waals surface area contributed by atoms with Crippen molar-refractivity contribution in [2.45, 2.75) is 24.4 Å². The highest BCUT2D eigenvalue weighted by Crippen LogP contribution is 2.43. The topological polar surface area (TPSA) is 95.9 Å². The lowest BCUT2D eigenvalue weighted by atomic mass is 9.85. The average Bonchev–Trinajstić information content (AvgIpc) is 3.25. The van der Waals surface area contributed by atoms with E-state index in [-0.39, 0.29) is 23.1 Å². The summed E-state index contributed by atoms with van der Waals surface area (Å²) in [6.07, 6.45) is 6.82. The third kappa shape index (κ3) is 4.16. The van der Waals surface area contributed by atoms with Gasteiger partial charge in [-0.15, -0.1) is 11.8 Å². The number of halogens is 1. The summed E-state index contributed by atoms with van der Waals surface area (Å²) in [4.78, 5) is 32.5. The van der Waals surface area contributed by atoms with Crippen LogP contribution in [-0.2, 0) is 12.0 Å². The second-order valence-electron chi connectivity index (χ2n) is 8.15. The van der Waals surface area contributed by atoms with E-state index in [2.05, 4.69) is 35.5 Å². The van der Waals surface area contributed by atoms with Gasteiger partial charge in [0, 0.05) is 42.7 Å². The van der Waals surface area contributed by atoms with Crippen LogP contribution in [0.1, 0.15) is 28.7 Å². The number of thioether (sulfide) groups is 1. The molecule has 1 unspecified atom stereocenters. The van der Waals surface area contributed by atoms with E-state index >= 15 is 0 Å². The van der Waals surface area contributed by atoms with E-state index in [1.165, 1.54) is 6.20 Å². The molecule has 4 heterocycles. The Morgan fingerprint density at radius 2 is 2.12 bits per heavy atom. The van der Waals surface area contributed by atoms with E-state index < -0.39 is 5.54 Å². The Kier molecular flexibility index (Phi) is 5.94. The predicted octanol–water partition coefficient (Wildman–Crippen LogP) is 2.35. The van der Waals surface area contributed by atoms with Crippen LogP contribution in [0.5, 0.6) is 0 Å². The average molecular weight is 466 g/mol. The van der Waals surface area contributed by atoms with Crippen molar-refractivity contribution in [1.29, 1.82) is 0 Å². The molecule has 33 heavy (non-hydrogen) atoms. The van der Waals surface area contributed by atoms with E-state index in [9.17, 15) is 9.18 Å². The molecule has 3 atom stereocenters. The molecule has 170 valence electrons. The molecular formula is C23H24FN7OS. The third-order valence-electron chi connectivity index (χ3n) is 6.17. The van der Waals surface area contributed by atoms with Gasteiger partial charge in [0.25, 0.3) is 5.91 Å². The number of aryl methyl sites for hydroxylation is 1. The fourth-order valence-electron chi connectivity index (χ4n) is 4.47. The fourth-order valence-corrected chi connectivity index (χ4v) is 5.77. The van der Waals surface area contributed by atoms with Gasteiger partial charge in [0.2, 0.25) is 5.95 Å². The number of nitrogens with one attached hydrogen (secondary N) is 2. The molecule has 3 aromatic rings. The van der Waals surface area contributed by atoms with Crippen molar-refractivity contribution in [2.75, 3.05) is 23.7 Å². The lowest BCUT2D eigenvalue weighted by Gasteiger charge is -2.42. The summed E-state index contributed by atoms with van der Waals surface area (Å²) in [5.74, 6) is 0.934. The van der Waals surface area contributed by atoms with Crippen molar-refractivity contribution >= 4 is 23.6 Å². The minimum absolute atomic E-state index is 0.141. The van der Waals surface area contributed by atoms with Crippen LogP contribution >= 0.6 is 11.8 Å². The second-order valence-corrected chi connectivity index (χ2v) is 9.29. The van der Waals surface area contributed by atoms with Crippen LogP contribution in [0, 0.1) is 11.7 Å². The molecule has 2 aliphatic heterocycles. The van der Waals surface area contributed by atoms with Crippen molar-refractivity contribution in [3.8, 4) is 0 Å². The van der Waals surface area contributed by atoms with Crippen LogP contribution in [-0.4, -0.2) is 50.2 Å². The third-order valence-corrected chi connectivity index (χ3v) is 7.33. The summed E-state index contributed by atoms with van der Waals surface area (Å²) >= 11 is 1.64. The van der Waals surface area contributed by atoms with Crippen LogP contribution in [0.3, 0.4) is 0 Å². The first-order chi connectivity index (χ1) is 16.1. The lowest BCUT2D eigenvalue weighted by Crippen LogP contribution is -2.61. The molecule has 2 aromatic heterocycles. The van der Waals surface area contributed by atoms with Crippen molar-refractivity contribution in [1.82, 2.24) is 30.6 Å². The molecule has 0 saturated carbocycles. The Labute approximate surface area is 195 Å². The van der Waals surface area contributed by atoms with Crippen molar-refractivity contribution in [3.63, 3.8) is 0 Å². The van der Waals surface area contributed by atoms with Crippen molar-refractivity contribution < 1.29 is 9.18 Å². The molecule has 0 spiro atoms. The Morgan fingerprint density at radius 1 is 1.27 bits per heavy atom. The number of hydrogen-bond donors (Lipinski definition) is 2. The van der Waals surface area contributed by atoms with Gasteiger partial charge in [-0.05, 0) is 18.6 Å². The SMILES string of the molecule is CCc1nc(N2C[C@H]3CSC(NC(=O)c4ccccc4)N[C@@]3(c3cnccn3)C2)ncc1F. The maximum absolute atomic E-state index is 14.0. The number of carbonyl (C=O) groups excluding carboxylic acids is 1.